The first kappa shape index (κ1) is 15.7. The van der Waals surface area contributed by atoms with Crippen molar-refractivity contribution in [2.24, 2.45) is 0 Å². The van der Waals surface area contributed by atoms with E-state index in [-0.39, 0.29) is 18.6 Å². The highest BCUT2D eigenvalue weighted by Gasteiger charge is 2.23. The lowest BCUT2D eigenvalue weighted by Gasteiger charge is -2.33. The highest BCUT2D eigenvalue weighted by atomic mass is 16.4. The molecular weight excluding hydrogens is 222 g/mol. The van der Waals surface area contributed by atoms with E-state index in [4.69, 9.17) is 5.11 Å². The molecular formula is C11H23N3O3. The first-order valence-corrected chi connectivity index (χ1v) is 5.67. The van der Waals surface area contributed by atoms with Gasteiger partial charge in [0.2, 0.25) is 0 Å². The number of carbonyl (C=O) groups is 2. The van der Waals surface area contributed by atoms with Crippen LogP contribution in [0.1, 0.15) is 13.8 Å². The molecule has 100 valence electrons. The second-order valence-corrected chi connectivity index (χ2v) is 4.43. The summed E-state index contributed by atoms with van der Waals surface area (Å²) in [5.74, 6) is -1.00. The standard InChI is InChI=1S/C11H23N3O3/c1-6-14(9(2)7-12(3)4)11(17)13(5)8-10(15)16/h9H,6-8H2,1-5H3,(H,15,16). The van der Waals surface area contributed by atoms with Gasteiger partial charge in [-0.25, -0.2) is 4.79 Å². The molecule has 0 aromatic rings. The molecule has 0 fully saturated rings. The number of carboxylic acid groups (broad SMARTS) is 1. The second kappa shape index (κ2) is 7.11. The van der Waals surface area contributed by atoms with Crippen LogP contribution in [0.5, 0.6) is 0 Å². The highest BCUT2D eigenvalue weighted by molar-refractivity contribution is 5.80. The minimum atomic E-state index is -1.00. The van der Waals surface area contributed by atoms with E-state index >= 15 is 0 Å². The molecule has 0 aromatic heterocycles. The molecule has 0 aromatic carbocycles. The van der Waals surface area contributed by atoms with Gasteiger partial charge < -0.3 is 19.8 Å². The fourth-order valence-electron chi connectivity index (χ4n) is 1.75. The summed E-state index contributed by atoms with van der Waals surface area (Å²) in [7, 11) is 5.38. The van der Waals surface area contributed by atoms with Crippen molar-refractivity contribution in [1.29, 1.82) is 0 Å². The third-order valence-electron chi connectivity index (χ3n) is 2.45. The molecule has 1 atom stereocenters. The average molecular weight is 245 g/mol. The van der Waals surface area contributed by atoms with Crippen molar-refractivity contribution in [3.05, 3.63) is 0 Å². The van der Waals surface area contributed by atoms with Gasteiger partial charge in [-0.15, -0.1) is 0 Å². The van der Waals surface area contributed by atoms with Crippen LogP contribution in [0.2, 0.25) is 0 Å². The Morgan fingerprint density at radius 2 is 1.76 bits per heavy atom. The van der Waals surface area contributed by atoms with Crippen molar-refractivity contribution in [1.82, 2.24) is 14.7 Å². The third-order valence-corrected chi connectivity index (χ3v) is 2.45. The minimum Gasteiger partial charge on any atom is -0.480 e. The van der Waals surface area contributed by atoms with Crippen LogP contribution in [0.4, 0.5) is 4.79 Å². The van der Waals surface area contributed by atoms with Gasteiger partial charge in [-0.1, -0.05) is 0 Å². The highest BCUT2D eigenvalue weighted by Crippen LogP contribution is 2.04. The van der Waals surface area contributed by atoms with Gasteiger partial charge in [0.15, 0.2) is 0 Å². The van der Waals surface area contributed by atoms with Gasteiger partial charge in [0.1, 0.15) is 6.54 Å². The van der Waals surface area contributed by atoms with E-state index in [0.29, 0.717) is 6.54 Å². The Balaban J connectivity index is 4.53. The van der Waals surface area contributed by atoms with Crippen LogP contribution < -0.4 is 0 Å². The van der Waals surface area contributed by atoms with Gasteiger partial charge in [0.05, 0.1) is 0 Å². The summed E-state index contributed by atoms with van der Waals surface area (Å²) in [6, 6.07) is -0.192. The van der Waals surface area contributed by atoms with E-state index in [1.54, 1.807) is 4.90 Å². The number of nitrogens with zero attached hydrogens (tertiary/aromatic N) is 3. The lowest BCUT2D eigenvalue weighted by atomic mass is 10.2. The lowest BCUT2D eigenvalue weighted by molar-refractivity contribution is -0.137. The number of carbonyl (C=O) groups excluding carboxylic acids is 1. The monoisotopic (exact) mass is 245 g/mol. The smallest absolute Gasteiger partial charge is 0.323 e. The van der Waals surface area contributed by atoms with Crippen molar-refractivity contribution in [2.45, 2.75) is 19.9 Å². The van der Waals surface area contributed by atoms with Gasteiger partial charge in [-0.2, -0.15) is 0 Å². The SMILES string of the molecule is CCN(C(=O)N(C)CC(=O)O)C(C)CN(C)C. The molecule has 0 aliphatic carbocycles. The first-order chi connectivity index (χ1) is 7.79. The topological polar surface area (TPSA) is 64.1 Å². The number of hydrogen-bond acceptors (Lipinski definition) is 3. The summed E-state index contributed by atoms with van der Waals surface area (Å²) < 4.78 is 0. The Morgan fingerprint density at radius 3 is 2.12 bits per heavy atom. The Hall–Kier alpha value is -1.30. The molecule has 17 heavy (non-hydrogen) atoms. The maximum Gasteiger partial charge on any atom is 0.323 e. The van der Waals surface area contributed by atoms with E-state index < -0.39 is 5.97 Å². The van der Waals surface area contributed by atoms with Crippen LogP contribution in [0.3, 0.4) is 0 Å². The first-order valence-electron chi connectivity index (χ1n) is 5.67. The van der Waals surface area contributed by atoms with Crippen molar-refractivity contribution < 1.29 is 14.7 Å². The molecule has 0 radical (unpaired) electrons. The van der Waals surface area contributed by atoms with E-state index in [1.807, 2.05) is 32.8 Å². The summed E-state index contributed by atoms with van der Waals surface area (Å²) >= 11 is 0. The number of amides is 2. The quantitative estimate of drug-likeness (QED) is 0.735. The Labute approximate surface area is 103 Å². The zero-order chi connectivity index (χ0) is 13.6. The van der Waals surface area contributed by atoms with Crippen LogP contribution in [0.25, 0.3) is 0 Å². The fraction of sp³-hybridized carbons (Fsp3) is 0.818. The van der Waals surface area contributed by atoms with Gasteiger partial charge in [-0.05, 0) is 27.9 Å². The third kappa shape index (κ3) is 5.53. The molecule has 0 spiro atoms. The molecule has 1 unspecified atom stereocenters. The Morgan fingerprint density at radius 1 is 1.24 bits per heavy atom. The molecule has 0 aliphatic heterocycles. The van der Waals surface area contributed by atoms with Crippen LogP contribution in [-0.2, 0) is 4.79 Å². The molecule has 6 heteroatoms. The van der Waals surface area contributed by atoms with Gasteiger partial charge in [0.25, 0.3) is 0 Å². The Kier molecular flexibility index (Phi) is 6.57. The van der Waals surface area contributed by atoms with E-state index in [0.717, 1.165) is 6.54 Å². The number of hydrogen-bond donors (Lipinski definition) is 1. The zero-order valence-electron chi connectivity index (χ0n) is 11.3. The average Bonchev–Trinajstić information content (AvgIpc) is 2.16. The molecule has 2 amide bonds. The summed E-state index contributed by atoms with van der Waals surface area (Å²) in [6.07, 6.45) is 0. The molecule has 0 saturated carbocycles. The zero-order valence-corrected chi connectivity index (χ0v) is 11.3. The number of urea groups is 1. The molecule has 0 heterocycles. The van der Waals surface area contributed by atoms with Crippen molar-refractivity contribution in [3.8, 4) is 0 Å². The summed E-state index contributed by atoms with van der Waals surface area (Å²) in [5.41, 5.74) is 0. The van der Waals surface area contributed by atoms with Crippen LogP contribution in [-0.4, -0.2) is 78.6 Å². The van der Waals surface area contributed by atoms with Crippen molar-refractivity contribution in [2.75, 3.05) is 40.8 Å². The van der Waals surface area contributed by atoms with Gasteiger partial charge in [-0.3, -0.25) is 4.79 Å². The molecule has 0 rings (SSSR count). The van der Waals surface area contributed by atoms with E-state index in [2.05, 4.69) is 0 Å². The van der Waals surface area contributed by atoms with Crippen LogP contribution >= 0.6 is 0 Å². The normalized spacial score (nSPS) is 12.4. The number of rotatable bonds is 6. The van der Waals surface area contributed by atoms with E-state index in [9.17, 15) is 9.59 Å². The molecule has 0 saturated heterocycles. The number of carboxylic acids is 1. The van der Waals surface area contributed by atoms with Crippen LogP contribution in [0, 0.1) is 0 Å². The van der Waals surface area contributed by atoms with Crippen molar-refractivity contribution in [3.63, 3.8) is 0 Å². The van der Waals surface area contributed by atoms with E-state index in [1.165, 1.54) is 11.9 Å². The summed E-state index contributed by atoms with van der Waals surface area (Å²) in [6.45, 7) is 4.89. The second-order valence-electron chi connectivity index (χ2n) is 4.43. The number of likely N-dealkylation sites (N-methyl/N-ethyl adjacent to an activating group) is 3. The lowest BCUT2D eigenvalue weighted by Crippen LogP contribution is -2.49. The molecule has 6 nitrogen and oxygen atoms in total. The van der Waals surface area contributed by atoms with Gasteiger partial charge >= 0.3 is 12.0 Å². The Bertz CT molecular complexity index is 269. The maximum atomic E-state index is 12.0. The number of aliphatic carboxylic acids is 1. The predicted octanol–water partition coefficient (Wildman–Crippen LogP) is 0.395. The summed E-state index contributed by atoms with van der Waals surface area (Å²) in [4.78, 5) is 27.4. The molecule has 1 N–H and O–H groups in total. The largest absolute Gasteiger partial charge is 0.480 e. The maximum absolute atomic E-state index is 12.0. The fourth-order valence-corrected chi connectivity index (χ4v) is 1.75. The van der Waals surface area contributed by atoms with Crippen molar-refractivity contribution >= 4 is 12.0 Å². The van der Waals surface area contributed by atoms with Gasteiger partial charge in [0, 0.05) is 26.2 Å². The van der Waals surface area contributed by atoms with Crippen LogP contribution in [0.15, 0.2) is 0 Å². The molecule has 0 aliphatic rings. The minimum absolute atomic E-state index is 0.0544. The predicted molar refractivity (Wildman–Crippen MR) is 66.1 cm³/mol. The summed E-state index contributed by atoms with van der Waals surface area (Å²) in [5, 5.41) is 8.65. The molecule has 0 bridgehead atoms.